The van der Waals surface area contributed by atoms with Crippen molar-refractivity contribution >= 4 is 0 Å². The summed E-state index contributed by atoms with van der Waals surface area (Å²) in [5.74, 6) is 2.69. The minimum absolute atomic E-state index is 0.561. The van der Waals surface area contributed by atoms with E-state index in [9.17, 15) is 0 Å². The second-order valence-electron chi connectivity index (χ2n) is 6.75. The highest BCUT2D eigenvalue weighted by Crippen LogP contribution is 2.38. The Morgan fingerprint density at radius 1 is 1.05 bits per heavy atom. The second kappa shape index (κ2) is 6.47. The average molecular weight is 302 g/mol. The monoisotopic (exact) mass is 302 g/mol. The average Bonchev–Trinajstić information content (AvgIpc) is 3.03. The van der Waals surface area contributed by atoms with E-state index in [1.54, 1.807) is 0 Å². The predicted molar refractivity (Wildman–Crippen MR) is 86.6 cm³/mol. The molecule has 4 heteroatoms. The van der Waals surface area contributed by atoms with Crippen LogP contribution in [-0.2, 0) is 0 Å². The lowest BCUT2D eigenvalue weighted by atomic mass is 9.96. The first-order valence-corrected chi connectivity index (χ1v) is 8.74. The Bertz CT molecular complexity index is 514. The SMILES string of the molecule is c1cc2c(cc1C1CCCN1CC1CCNCC1)OCCO2. The van der Waals surface area contributed by atoms with Gasteiger partial charge in [-0.25, -0.2) is 0 Å². The molecule has 1 N–H and O–H groups in total. The number of fused-ring (bicyclic) bond motifs is 1. The summed E-state index contributed by atoms with van der Waals surface area (Å²) in [4.78, 5) is 2.70. The molecule has 0 radical (unpaired) electrons. The molecule has 3 heterocycles. The van der Waals surface area contributed by atoms with Crippen molar-refractivity contribution in [1.82, 2.24) is 10.2 Å². The Balaban J connectivity index is 1.48. The third kappa shape index (κ3) is 2.95. The quantitative estimate of drug-likeness (QED) is 0.930. The lowest BCUT2D eigenvalue weighted by Gasteiger charge is -2.32. The molecule has 0 amide bonds. The van der Waals surface area contributed by atoms with Crippen LogP contribution in [0.4, 0.5) is 0 Å². The van der Waals surface area contributed by atoms with Crippen molar-refractivity contribution in [1.29, 1.82) is 0 Å². The molecule has 22 heavy (non-hydrogen) atoms. The number of hydrogen-bond donors (Lipinski definition) is 1. The topological polar surface area (TPSA) is 33.7 Å². The molecule has 3 aliphatic rings. The first-order chi connectivity index (χ1) is 10.9. The normalized spacial score (nSPS) is 26.3. The zero-order valence-corrected chi connectivity index (χ0v) is 13.2. The Morgan fingerprint density at radius 2 is 1.86 bits per heavy atom. The molecule has 0 bridgehead atoms. The molecule has 0 aromatic heterocycles. The van der Waals surface area contributed by atoms with Gasteiger partial charge in [0.2, 0.25) is 0 Å². The number of ether oxygens (including phenoxy) is 2. The van der Waals surface area contributed by atoms with E-state index in [1.807, 2.05) is 0 Å². The van der Waals surface area contributed by atoms with Crippen LogP contribution in [0, 0.1) is 5.92 Å². The van der Waals surface area contributed by atoms with Gasteiger partial charge in [-0.15, -0.1) is 0 Å². The fourth-order valence-electron chi connectivity index (χ4n) is 4.09. The van der Waals surface area contributed by atoms with Crippen molar-refractivity contribution in [2.45, 2.75) is 31.7 Å². The summed E-state index contributed by atoms with van der Waals surface area (Å²) in [6.07, 6.45) is 5.23. The van der Waals surface area contributed by atoms with Crippen molar-refractivity contribution in [2.24, 2.45) is 5.92 Å². The standard InChI is InChI=1S/C18H26N2O2/c1-2-16(20(9-1)13-14-5-7-19-8-6-14)15-3-4-17-18(12-15)22-11-10-21-17/h3-4,12,14,16,19H,1-2,5-11,13H2. The molecular weight excluding hydrogens is 276 g/mol. The maximum Gasteiger partial charge on any atom is 0.161 e. The summed E-state index contributed by atoms with van der Waals surface area (Å²) in [6, 6.07) is 7.09. The molecule has 1 aromatic rings. The molecule has 4 rings (SSSR count). The van der Waals surface area contributed by atoms with Crippen LogP contribution in [0.25, 0.3) is 0 Å². The zero-order chi connectivity index (χ0) is 14.8. The molecule has 1 unspecified atom stereocenters. The molecule has 1 atom stereocenters. The van der Waals surface area contributed by atoms with Crippen LogP contribution in [0.5, 0.6) is 11.5 Å². The number of hydrogen-bond acceptors (Lipinski definition) is 4. The second-order valence-corrected chi connectivity index (χ2v) is 6.75. The molecule has 2 saturated heterocycles. The van der Waals surface area contributed by atoms with Gasteiger partial charge >= 0.3 is 0 Å². The van der Waals surface area contributed by atoms with Crippen LogP contribution in [0.2, 0.25) is 0 Å². The Morgan fingerprint density at radius 3 is 2.73 bits per heavy atom. The van der Waals surface area contributed by atoms with E-state index in [1.165, 1.54) is 57.4 Å². The molecule has 0 saturated carbocycles. The predicted octanol–water partition coefficient (Wildman–Crippen LogP) is 2.59. The zero-order valence-electron chi connectivity index (χ0n) is 13.2. The summed E-state index contributed by atoms with van der Waals surface area (Å²) in [5, 5.41) is 3.47. The summed E-state index contributed by atoms with van der Waals surface area (Å²) < 4.78 is 11.4. The molecule has 1 aromatic carbocycles. The number of nitrogens with one attached hydrogen (secondary N) is 1. The first kappa shape index (κ1) is 14.3. The van der Waals surface area contributed by atoms with E-state index < -0.39 is 0 Å². The number of rotatable bonds is 3. The van der Waals surface area contributed by atoms with Gasteiger partial charge in [0.25, 0.3) is 0 Å². The van der Waals surface area contributed by atoms with E-state index in [4.69, 9.17) is 9.47 Å². The van der Waals surface area contributed by atoms with Crippen LogP contribution >= 0.6 is 0 Å². The van der Waals surface area contributed by atoms with E-state index >= 15 is 0 Å². The van der Waals surface area contributed by atoms with Gasteiger partial charge in [-0.1, -0.05) is 6.07 Å². The molecule has 3 aliphatic heterocycles. The largest absolute Gasteiger partial charge is 0.486 e. The number of likely N-dealkylation sites (tertiary alicyclic amines) is 1. The number of benzene rings is 1. The van der Waals surface area contributed by atoms with Crippen LogP contribution in [0.3, 0.4) is 0 Å². The number of piperidine rings is 1. The minimum atomic E-state index is 0.561. The Hall–Kier alpha value is -1.26. The van der Waals surface area contributed by atoms with Crippen molar-refractivity contribution < 1.29 is 9.47 Å². The van der Waals surface area contributed by atoms with E-state index in [0.29, 0.717) is 19.3 Å². The lowest BCUT2D eigenvalue weighted by Crippen LogP contribution is -2.36. The van der Waals surface area contributed by atoms with E-state index in [-0.39, 0.29) is 0 Å². The van der Waals surface area contributed by atoms with Gasteiger partial charge in [0.15, 0.2) is 11.5 Å². The van der Waals surface area contributed by atoms with Gasteiger partial charge in [-0.3, -0.25) is 4.90 Å². The fraction of sp³-hybridized carbons (Fsp3) is 0.667. The summed E-state index contributed by atoms with van der Waals surface area (Å²) in [5.41, 5.74) is 1.40. The fourth-order valence-corrected chi connectivity index (χ4v) is 4.09. The molecule has 2 fully saturated rings. The van der Waals surface area contributed by atoms with Gasteiger partial charge in [0.05, 0.1) is 0 Å². The van der Waals surface area contributed by atoms with Crippen LogP contribution in [-0.4, -0.2) is 44.3 Å². The third-order valence-corrected chi connectivity index (χ3v) is 5.27. The highest BCUT2D eigenvalue weighted by molar-refractivity contribution is 5.44. The molecule has 4 nitrogen and oxygen atoms in total. The van der Waals surface area contributed by atoms with E-state index in [0.717, 1.165) is 17.4 Å². The minimum Gasteiger partial charge on any atom is -0.486 e. The molecular formula is C18H26N2O2. The summed E-state index contributed by atoms with van der Waals surface area (Å²) in [6.45, 7) is 6.20. The van der Waals surface area contributed by atoms with E-state index in [2.05, 4.69) is 28.4 Å². The summed E-state index contributed by atoms with van der Waals surface area (Å²) in [7, 11) is 0. The van der Waals surface area contributed by atoms with Crippen molar-refractivity contribution in [3.8, 4) is 11.5 Å². The molecule has 0 aliphatic carbocycles. The van der Waals surface area contributed by atoms with Crippen LogP contribution in [0.1, 0.15) is 37.3 Å². The Kier molecular flexibility index (Phi) is 4.22. The van der Waals surface area contributed by atoms with Gasteiger partial charge in [0.1, 0.15) is 13.2 Å². The summed E-state index contributed by atoms with van der Waals surface area (Å²) >= 11 is 0. The van der Waals surface area contributed by atoms with Gasteiger partial charge in [0, 0.05) is 12.6 Å². The molecule has 0 spiro atoms. The lowest BCUT2D eigenvalue weighted by molar-refractivity contribution is 0.169. The van der Waals surface area contributed by atoms with Gasteiger partial charge < -0.3 is 14.8 Å². The smallest absolute Gasteiger partial charge is 0.161 e. The van der Waals surface area contributed by atoms with Gasteiger partial charge in [-0.2, -0.15) is 0 Å². The maximum absolute atomic E-state index is 5.76. The van der Waals surface area contributed by atoms with Gasteiger partial charge in [-0.05, 0) is 68.9 Å². The third-order valence-electron chi connectivity index (χ3n) is 5.27. The van der Waals surface area contributed by atoms with Crippen molar-refractivity contribution in [2.75, 3.05) is 39.4 Å². The maximum atomic E-state index is 5.76. The highest BCUT2D eigenvalue weighted by atomic mass is 16.6. The number of nitrogens with zero attached hydrogens (tertiary/aromatic N) is 1. The van der Waals surface area contributed by atoms with Crippen molar-refractivity contribution in [3.63, 3.8) is 0 Å². The first-order valence-electron chi connectivity index (χ1n) is 8.74. The Labute approximate surface area is 132 Å². The van der Waals surface area contributed by atoms with Crippen molar-refractivity contribution in [3.05, 3.63) is 23.8 Å². The highest BCUT2D eigenvalue weighted by Gasteiger charge is 2.29. The van der Waals surface area contributed by atoms with Crippen LogP contribution < -0.4 is 14.8 Å². The van der Waals surface area contributed by atoms with Crippen LogP contribution in [0.15, 0.2) is 18.2 Å². The molecule has 120 valence electrons.